The first-order valence-electron chi connectivity index (χ1n) is 5.50. The molecule has 2 N–H and O–H groups in total. The largest absolute Gasteiger partial charge is 0.385 e. The van der Waals surface area contributed by atoms with Crippen molar-refractivity contribution < 1.29 is 4.79 Å². The third kappa shape index (κ3) is 1.79. The van der Waals surface area contributed by atoms with Gasteiger partial charge in [0, 0.05) is 20.3 Å². The van der Waals surface area contributed by atoms with E-state index < -0.39 is 0 Å². The van der Waals surface area contributed by atoms with Gasteiger partial charge in [0.1, 0.15) is 11.9 Å². The van der Waals surface area contributed by atoms with Crippen LogP contribution < -0.4 is 5.73 Å². The number of hydrogen-bond acceptors (Lipinski definition) is 3. The van der Waals surface area contributed by atoms with Gasteiger partial charge in [-0.05, 0) is 41.8 Å². The van der Waals surface area contributed by atoms with Crippen LogP contribution in [0.25, 0.3) is 0 Å². The number of aryl methyl sites for hydroxylation is 1. The highest BCUT2D eigenvalue weighted by Crippen LogP contribution is 2.41. The Morgan fingerprint density at radius 3 is 2.82 bits per heavy atom. The summed E-state index contributed by atoms with van der Waals surface area (Å²) in [7, 11) is 0. The molecule has 1 fully saturated rings. The van der Waals surface area contributed by atoms with Crippen molar-refractivity contribution in [1.82, 2.24) is 4.90 Å². The van der Waals surface area contributed by atoms with Gasteiger partial charge in [0.25, 0.3) is 0 Å². The van der Waals surface area contributed by atoms with Gasteiger partial charge >= 0.3 is 6.03 Å². The summed E-state index contributed by atoms with van der Waals surface area (Å²) in [4.78, 5) is 19.8. The minimum absolute atomic E-state index is 0.148. The van der Waals surface area contributed by atoms with Crippen LogP contribution in [0.5, 0.6) is 0 Å². The average Bonchev–Trinajstić information content (AvgIpc) is 2.97. The van der Waals surface area contributed by atoms with Crippen molar-refractivity contribution in [2.45, 2.75) is 31.8 Å². The molecule has 1 aliphatic carbocycles. The number of amidine groups is 1. The fourth-order valence-corrected chi connectivity index (χ4v) is 3.77. The van der Waals surface area contributed by atoms with Gasteiger partial charge in [-0.3, -0.25) is 0 Å². The highest BCUT2D eigenvalue weighted by molar-refractivity contribution is 9.10. The number of urea groups is 1. The molecular formula is C11H12BrN3OS. The number of hydrogen-bond donors (Lipinski definition) is 1. The summed E-state index contributed by atoms with van der Waals surface area (Å²) in [5, 5.41) is 0. The van der Waals surface area contributed by atoms with Crippen molar-refractivity contribution in [2.75, 3.05) is 0 Å². The number of carbonyl (C=O) groups is 1. The Bertz CT molecular complexity index is 501. The SMILES string of the molecule is Cc1sc(C2C(N)=NC(=O)N2C2CC2)cc1Br. The Balaban J connectivity index is 1.99. The molecule has 1 aromatic heterocycles. The van der Waals surface area contributed by atoms with Gasteiger partial charge in [-0.25, -0.2) is 4.79 Å². The number of rotatable bonds is 2. The van der Waals surface area contributed by atoms with Crippen LogP contribution >= 0.6 is 27.3 Å². The van der Waals surface area contributed by atoms with Crippen molar-refractivity contribution in [3.63, 3.8) is 0 Å². The molecule has 2 heterocycles. The summed E-state index contributed by atoms with van der Waals surface area (Å²) in [5.41, 5.74) is 5.90. The Morgan fingerprint density at radius 1 is 1.59 bits per heavy atom. The molecular weight excluding hydrogens is 302 g/mol. The molecule has 1 unspecified atom stereocenters. The predicted molar refractivity (Wildman–Crippen MR) is 71.4 cm³/mol. The van der Waals surface area contributed by atoms with E-state index in [0.717, 1.165) is 22.2 Å². The van der Waals surface area contributed by atoms with Crippen LogP contribution in [-0.2, 0) is 0 Å². The fraction of sp³-hybridized carbons (Fsp3) is 0.455. The van der Waals surface area contributed by atoms with Gasteiger partial charge < -0.3 is 10.6 Å². The second-order valence-electron chi connectivity index (χ2n) is 4.41. The van der Waals surface area contributed by atoms with Gasteiger partial charge in [0.05, 0.1) is 0 Å². The zero-order valence-corrected chi connectivity index (χ0v) is 11.7. The molecule has 0 bridgehead atoms. The number of nitrogens with two attached hydrogens (primary N) is 1. The zero-order chi connectivity index (χ0) is 12.2. The van der Waals surface area contributed by atoms with Crippen molar-refractivity contribution in [1.29, 1.82) is 0 Å². The standard InChI is InChI=1S/C11H12BrN3OS/c1-5-7(12)4-8(17-5)9-10(13)14-11(16)15(9)6-2-3-6/h4,6,9H,2-3H2,1H3,(H2,13,14,16). The van der Waals surface area contributed by atoms with E-state index in [1.54, 1.807) is 11.3 Å². The Labute approximate surface area is 112 Å². The molecule has 3 rings (SSSR count). The minimum Gasteiger partial charge on any atom is -0.385 e. The molecule has 2 aliphatic rings. The van der Waals surface area contributed by atoms with Crippen molar-refractivity contribution in [3.05, 3.63) is 20.3 Å². The van der Waals surface area contributed by atoms with E-state index in [2.05, 4.69) is 20.9 Å². The monoisotopic (exact) mass is 313 g/mol. The summed E-state index contributed by atoms with van der Waals surface area (Å²) in [6.07, 6.45) is 2.13. The minimum atomic E-state index is -0.183. The van der Waals surface area contributed by atoms with Crippen LogP contribution in [0.3, 0.4) is 0 Å². The topological polar surface area (TPSA) is 58.7 Å². The molecule has 4 nitrogen and oxygen atoms in total. The lowest BCUT2D eigenvalue weighted by atomic mass is 10.2. The fourth-order valence-electron chi connectivity index (χ4n) is 2.10. The number of halogens is 1. The van der Waals surface area contributed by atoms with Gasteiger partial charge in [-0.1, -0.05) is 0 Å². The number of nitrogens with zero attached hydrogens (tertiary/aromatic N) is 2. The van der Waals surface area contributed by atoms with Crippen LogP contribution in [-0.4, -0.2) is 22.8 Å². The Kier molecular flexibility index (Phi) is 2.52. The smallest absolute Gasteiger partial charge is 0.346 e. The van der Waals surface area contributed by atoms with E-state index in [1.165, 1.54) is 4.88 Å². The highest BCUT2D eigenvalue weighted by atomic mass is 79.9. The van der Waals surface area contributed by atoms with E-state index in [0.29, 0.717) is 11.9 Å². The summed E-state index contributed by atoms with van der Waals surface area (Å²) in [6, 6.07) is 2.04. The molecule has 1 saturated carbocycles. The molecule has 0 aromatic carbocycles. The Hall–Kier alpha value is -0.880. The maximum Gasteiger partial charge on any atom is 0.346 e. The van der Waals surface area contributed by atoms with E-state index in [-0.39, 0.29) is 12.1 Å². The molecule has 1 aromatic rings. The van der Waals surface area contributed by atoms with Crippen LogP contribution in [0, 0.1) is 6.92 Å². The van der Waals surface area contributed by atoms with Gasteiger partial charge in [0.2, 0.25) is 0 Å². The van der Waals surface area contributed by atoms with E-state index in [9.17, 15) is 4.79 Å². The van der Waals surface area contributed by atoms with E-state index in [4.69, 9.17) is 5.73 Å². The lowest BCUT2D eigenvalue weighted by Crippen LogP contribution is -2.34. The zero-order valence-electron chi connectivity index (χ0n) is 9.31. The van der Waals surface area contributed by atoms with Crippen LogP contribution in [0.2, 0.25) is 0 Å². The molecule has 6 heteroatoms. The summed E-state index contributed by atoms with van der Waals surface area (Å²) >= 11 is 5.16. The third-order valence-electron chi connectivity index (χ3n) is 3.09. The first-order chi connectivity index (χ1) is 8.08. The number of amides is 2. The van der Waals surface area contributed by atoms with Crippen molar-refractivity contribution in [3.8, 4) is 0 Å². The average molecular weight is 314 g/mol. The molecule has 0 spiro atoms. The highest BCUT2D eigenvalue weighted by Gasteiger charge is 2.44. The lowest BCUT2D eigenvalue weighted by molar-refractivity contribution is 0.204. The van der Waals surface area contributed by atoms with Crippen LogP contribution in [0.1, 0.15) is 28.6 Å². The second kappa shape index (κ2) is 3.81. The number of carbonyl (C=O) groups excluding carboxylic acids is 1. The third-order valence-corrected chi connectivity index (χ3v) is 5.28. The van der Waals surface area contributed by atoms with E-state index in [1.807, 2.05) is 17.9 Å². The van der Waals surface area contributed by atoms with Crippen molar-refractivity contribution in [2.24, 2.45) is 10.7 Å². The summed E-state index contributed by atoms with van der Waals surface area (Å²) in [5.74, 6) is 0.427. The van der Waals surface area contributed by atoms with Gasteiger partial charge in [-0.2, -0.15) is 4.99 Å². The molecule has 90 valence electrons. The normalized spacial score (nSPS) is 24.4. The molecule has 2 amide bonds. The maximum atomic E-state index is 11.8. The number of thiophene rings is 1. The maximum absolute atomic E-state index is 11.8. The number of aliphatic imine (C=N–C) groups is 1. The van der Waals surface area contributed by atoms with E-state index >= 15 is 0 Å². The molecule has 1 aliphatic heterocycles. The van der Waals surface area contributed by atoms with Gasteiger partial charge in [-0.15, -0.1) is 11.3 Å². The second-order valence-corrected chi connectivity index (χ2v) is 6.56. The molecule has 1 atom stereocenters. The summed E-state index contributed by atoms with van der Waals surface area (Å²) in [6.45, 7) is 2.05. The lowest BCUT2D eigenvalue weighted by Gasteiger charge is -2.22. The predicted octanol–water partition coefficient (Wildman–Crippen LogP) is 2.82. The summed E-state index contributed by atoms with van der Waals surface area (Å²) < 4.78 is 1.07. The first kappa shape index (κ1) is 11.2. The van der Waals surface area contributed by atoms with Crippen molar-refractivity contribution >= 4 is 39.1 Å². The van der Waals surface area contributed by atoms with Gasteiger partial charge in [0.15, 0.2) is 0 Å². The quantitative estimate of drug-likeness (QED) is 0.912. The molecule has 17 heavy (non-hydrogen) atoms. The van der Waals surface area contributed by atoms with Crippen LogP contribution in [0.15, 0.2) is 15.5 Å². The molecule has 0 radical (unpaired) electrons. The molecule has 0 saturated heterocycles. The van der Waals surface area contributed by atoms with Crippen LogP contribution in [0.4, 0.5) is 4.79 Å². The Morgan fingerprint density at radius 2 is 2.29 bits per heavy atom. The first-order valence-corrected chi connectivity index (χ1v) is 7.11.